The summed E-state index contributed by atoms with van der Waals surface area (Å²) in [7, 11) is 0. The number of rotatable bonds is 5. The van der Waals surface area contributed by atoms with E-state index in [4.69, 9.17) is 9.47 Å². The monoisotopic (exact) mass is 359 g/mol. The van der Waals surface area contributed by atoms with Crippen LogP contribution >= 0.6 is 0 Å². The molecular formula is C20H22FNO4. The lowest BCUT2D eigenvalue weighted by Gasteiger charge is -2.21. The Morgan fingerprint density at radius 1 is 1.31 bits per heavy atom. The lowest BCUT2D eigenvalue weighted by Crippen LogP contribution is -2.26. The van der Waals surface area contributed by atoms with E-state index in [9.17, 15) is 14.3 Å². The van der Waals surface area contributed by atoms with Crippen molar-refractivity contribution in [2.75, 3.05) is 13.3 Å². The van der Waals surface area contributed by atoms with Crippen LogP contribution < -0.4 is 10.1 Å². The summed E-state index contributed by atoms with van der Waals surface area (Å²) in [6.07, 6.45) is 0.413. The SMILES string of the molecule is CC(C)c1ccc(O)c(C(=O)NCCc2cc(F)cc3c2OCOC3)c1. The van der Waals surface area contributed by atoms with E-state index in [1.165, 1.54) is 18.2 Å². The van der Waals surface area contributed by atoms with Crippen LogP contribution in [0.15, 0.2) is 30.3 Å². The Bertz CT molecular complexity index is 820. The minimum absolute atomic E-state index is 0.0597. The first kappa shape index (κ1) is 18.2. The van der Waals surface area contributed by atoms with Crippen LogP contribution in [0.5, 0.6) is 11.5 Å². The molecule has 0 saturated carbocycles. The molecule has 2 aromatic carbocycles. The number of phenolic OH excluding ortho intramolecular Hbond substituents is 1. The van der Waals surface area contributed by atoms with Crippen LogP contribution in [0.1, 0.15) is 46.8 Å². The lowest BCUT2D eigenvalue weighted by atomic mass is 10.00. The van der Waals surface area contributed by atoms with E-state index < -0.39 is 0 Å². The number of phenols is 1. The second-order valence-electron chi connectivity index (χ2n) is 6.60. The van der Waals surface area contributed by atoms with Crippen molar-refractivity contribution in [2.45, 2.75) is 32.8 Å². The van der Waals surface area contributed by atoms with Gasteiger partial charge < -0.3 is 19.9 Å². The van der Waals surface area contributed by atoms with Gasteiger partial charge in [-0.1, -0.05) is 19.9 Å². The van der Waals surface area contributed by atoms with Crippen LogP contribution in [0.4, 0.5) is 4.39 Å². The Hall–Kier alpha value is -2.60. The Kier molecular flexibility index (Phi) is 5.42. The molecule has 0 aromatic heterocycles. The van der Waals surface area contributed by atoms with Crippen molar-refractivity contribution in [1.82, 2.24) is 5.32 Å². The van der Waals surface area contributed by atoms with Gasteiger partial charge in [0.15, 0.2) is 6.79 Å². The number of hydrogen-bond acceptors (Lipinski definition) is 4. The summed E-state index contributed by atoms with van der Waals surface area (Å²) in [6, 6.07) is 7.83. The molecule has 0 spiro atoms. The standard InChI is InChI=1S/C20H22FNO4/c1-12(2)13-3-4-18(23)17(9-13)20(24)22-6-5-14-7-16(21)8-15-10-25-11-26-19(14)15/h3-4,7-9,12,23H,5-6,10-11H2,1-2H3,(H,22,24). The summed E-state index contributed by atoms with van der Waals surface area (Å²) in [5.41, 5.74) is 2.56. The van der Waals surface area contributed by atoms with Crippen LogP contribution in [0.25, 0.3) is 0 Å². The zero-order valence-electron chi connectivity index (χ0n) is 14.8. The molecule has 0 fully saturated rings. The Balaban J connectivity index is 1.68. The Morgan fingerprint density at radius 2 is 2.12 bits per heavy atom. The highest BCUT2D eigenvalue weighted by Gasteiger charge is 2.18. The maximum atomic E-state index is 13.7. The first-order valence-electron chi connectivity index (χ1n) is 8.58. The van der Waals surface area contributed by atoms with Gasteiger partial charge in [-0.05, 0) is 47.7 Å². The van der Waals surface area contributed by atoms with Crippen molar-refractivity contribution >= 4 is 5.91 Å². The van der Waals surface area contributed by atoms with Gasteiger partial charge in [-0.2, -0.15) is 0 Å². The molecular weight excluding hydrogens is 337 g/mol. The maximum Gasteiger partial charge on any atom is 0.255 e. The minimum atomic E-state index is -0.362. The Morgan fingerprint density at radius 3 is 2.88 bits per heavy atom. The van der Waals surface area contributed by atoms with Crippen molar-refractivity contribution in [3.05, 3.63) is 58.4 Å². The normalized spacial score (nSPS) is 13.2. The fourth-order valence-electron chi connectivity index (χ4n) is 2.94. The second-order valence-corrected chi connectivity index (χ2v) is 6.60. The third-order valence-corrected chi connectivity index (χ3v) is 4.36. The van der Waals surface area contributed by atoms with Gasteiger partial charge in [0.2, 0.25) is 0 Å². The van der Waals surface area contributed by atoms with Gasteiger partial charge in [0, 0.05) is 12.1 Å². The lowest BCUT2D eigenvalue weighted by molar-refractivity contribution is -0.0172. The molecule has 6 heteroatoms. The predicted molar refractivity (Wildman–Crippen MR) is 94.9 cm³/mol. The molecule has 3 rings (SSSR count). The first-order chi connectivity index (χ1) is 12.5. The molecule has 0 radical (unpaired) electrons. The number of ether oxygens (including phenoxy) is 2. The van der Waals surface area contributed by atoms with Crippen LogP contribution in [-0.2, 0) is 17.8 Å². The Labute approximate surface area is 151 Å². The number of amides is 1. The number of nitrogens with one attached hydrogen (secondary N) is 1. The summed E-state index contributed by atoms with van der Waals surface area (Å²) < 4.78 is 24.4. The van der Waals surface area contributed by atoms with Crippen molar-refractivity contribution in [3.63, 3.8) is 0 Å². The number of carbonyl (C=O) groups excluding carboxylic acids is 1. The van der Waals surface area contributed by atoms with Crippen LogP contribution in [0.3, 0.4) is 0 Å². The molecule has 2 N–H and O–H groups in total. The largest absolute Gasteiger partial charge is 0.507 e. The van der Waals surface area contributed by atoms with Gasteiger partial charge in [-0.25, -0.2) is 4.39 Å². The van der Waals surface area contributed by atoms with E-state index in [-0.39, 0.29) is 35.7 Å². The van der Waals surface area contributed by atoms with Crippen molar-refractivity contribution in [1.29, 1.82) is 0 Å². The van der Waals surface area contributed by atoms with E-state index in [1.54, 1.807) is 12.1 Å². The third kappa shape index (κ3) is 3.96. The van der Waals surface area contributed by atoms with Crippen molar-refractivity contribution < 1.29 is 23.8 Å². The molecule has 26 heavy (non-hydrogen) atoms. The second kappa shape index (κ2) is 7.74. The molecule has 5 nitrogen and oxygen atoms in total. The van der Waals surface area contributed by atoms with Gasteiger partial charge in [0.25, 0.3) is 5.91 Å². The summed E-state index contributed by atoms with van der Waals surface area (Å²) in [5.74, 6) is 0.0911. The molecule has 1 aliphatic rings. The molecule has 1 amide bonds. The van der Waals surface area contributed by atoms with Crippen LogP contribution in [0.2, 0.25) is 0 Å². The highest BCUT2D eigenvalue weighted by molar-refractivity contribution is 5.97. The van der Waals surface area contributed by atoms with Gasteiger partial charge in [0.05, 0.1) is 12.2 Å². The summed E-state index contributed by atoms with van der Waals surface area (Å²) in [4.78, 5) is 12.4. The summed E-state index contributed by atoms with van der Waals surface area (Å²) >= 11 is 0. The van der Waals surface area contributed by atoms with Crippen LogP contribution in [-0.4, -0.2) is 24.4 Å². The highest BCUT2D eigenvalue weighted by Crippen LogP contribution is 2.29. The number of fused-ring (bicyclic) bond motifs is 1. The number of hydrogen-bond donors (Lipinski definition) is 2. The zero-order chi connectivity index (χ0) is 18.7. The molecule has 0 saturated heterocycles. The molecule has 0 atom stereocenters. The third-order valence-electron chi connectivity index (χ3n) is 4.36. The number of aromatic hydroxyl groups is 1. The molecule has 1 heterocycles. The fourth-order valence-corrected chi connectivity index (χ4v) is 2.94. The van der Waals surface area contributed by atoms with E-state index in [2.05, 4.69) is 5.32 Å². The molecule has 0 bridgehead atoms. The van der Waals surface area contributed by atoms with E-state index >= 15 is 0 Å². The maximum absolute atomic E-state index is 13.7. The molecule has 0 aliphatic carbocycles. The van der Waals surface area contributed by atoms with E-state index in [0.29, 0.717) is 36.4 Å². The predicted octanol–water partition coefficient (Wildman–Crippen LogP) is 3.49. The van der Waals surface area contributed by atoms with E-state index in [0.717, 1.165) is 5.56 Å². The van der Waals surface area contributed by atoms with Gasteiger partial charge in [-0.3, -0.25) is 4.79 Å². The average molecular weight is 359 g/mol. The van der Waals surface area contributed by atoms with Gasteiger partial charge >= 0.3 is 0 Å². The van der Waals surface area contributed by atoms with E-state index in [1.807, 2.05) is 13.8 Å². The quantitative estimate of drug-likeness (QED) is 0.857. The number of benzene rings is 2. The number of halogens is 1. The average Bonchev–Trinajstić information content (AvgIpc) is 2.61. The van der Waals surface area contributed by atoms with Gasteiger partial charge in [0.1, 0.15) is 17.3 Å². The van der Waals surface area contributed by atoms with Crippen molar-refractivity contribution in [2.24, 2.45) is 0 Å². The van der Waals surface area contributed by atoms with Gasteiger partial charge in [-0.15, -0.1) is 0 Å². The number of carbonyl (C=O) groups is 1. The fraction of sp³-hybridized carbons (Fsp3) is 0.350. The molecule has 138 valence electrons. The highest BCUT2D eigenvalue weighted by atomic mass is 19.1. The van der Waals surface area contributed by atoms with Crippen molar-refractivity contribution in [3.8, 4) is 11.5 Å². The molecule has 1 aliphatic heterocycles. The zero-order valence-corrected chi connectivity index (χ0v) is 14.8. The molecule has 0 unspecified atom stereocenters. The summed E-state index contributed by atoms with van der Waals surface area (Å²) in [5, 5.41) is 12.7. The minimum Gasteiger partial charge on any atom is -0.507 e. The topological polar surface area (TPSA) is 67.8 Å². The summed E-state index contributed by atoms with van der Waals surface area (Å²) in [6.45, 7) is 4.77. The first-order valence-corrected chi connectivity index (χ1v) is 8.58. The smallest absolute Gasteiger partial charge is 0.255 e. The van der Waals surface area contributed by atoms with Crippen LogP contribution in [0, 0.1) is 5.82 Å². The molecule has 2 aromatic rings.